The van der Waals surface area contributed by atoms with Gasteiger partial charge in [0.15, 0.2) is 5.92 Å². The Hall–Kier alpha value is -3.10. The van der Waals surface area contributed by atoms with Crippen molar-refractivity contribution in [2.24, 2.45) is 5.92 Å². The molecule has 0 aromatic heterocycles. The van der Waals surface area contributed by atoms with Crippen LogP contribution in [0, 0.1) is 5.92 Å². The van der Waals surface area contributed by atoms with Gasteiger partial charge in [0.25, 0.3) is 0 Å². The van der Waals surface area contributed by atoms with Crippen LogP contribution in [0.2, 0.25) is 0 Å². The fraction of sp³-hybridized carbons (Fsp3) is 0.444. The fourth-order valence-corrected chi connectivity index (χ4v) is 3.03. The fourth-order valence-electron chi connectivity index (χ4n) is 3.03. The maximum atomic E-state index is 12.4. The number of carbonyl (C=O) groups excluding carboxylic acids is 4. The first-order chi connectivity index (χ1) is 12.9. The molecule has 0 radical (unpaired) electrons. The largest absolute Gasteiger partial charge is 0.469 e. The van der Waals surface area contributed by atoms with Crippen LogP contribution >= 0.6 is 0 Å². The minimum Gasteiger partial charge on any atom is -0.469 e. The Kier molecular flexibility index (Phi) is 6.75. The van der Waals surface area contributed by atoms with Crippen LogP contribution in [0.1, 0.15) is 18.0 Å². The SMILES string of the molecule is COC(=O)CC(C(C(=O)OC)C(=O)OC)N1C(=O)OCC1c1ccccc1. The number of ether oxygens (including phenoxy) is 4. The molecule has 1 fully saturated rings. The molecule has 2 unspecified atom stereocenters. The lowest BCUT2D eigenvalue weighted by atomic mass is 9.93. The van der Waals surface area contributed by atoms with Crippen LogP contribution in [0.5, 0.6) is 0 Å². The summed E-state index contributed by atoms with van der Waals surface area (Å²) in [5.41, 5.74) is 0.728. The van der Waals surface area contributed by atoms with Crippen LogP contribution < -0.4 is 0 Å². The van der Waals surface area contributed by atoms with Crippen molar-refractivity contribution >= 4 is 24.0 Å². The van der Waals surface area contributed by atoms with Gasteiger partial charge in [-0.2, -0.15) is 0 Å². The van der Waals surface area contributed by atoms with Gasteiger partial charge in [0.2, 0.25) is 0 Å². The predicted molar refractivity (Wildman–Crippen MR) is 90.3 cm³/mol. The van der Waals surface area contributed by atoms with Crippen molar-refractivity contribution in [3.05, 3.63) is 35.9 Å². The van der Waals surface area contributed by atoms with E-state index in [-0.39, 0.29) is 6.61 Å². The molecule has 1 aromatic carbocycles. The molecule has 0 bridgehead atoms. The second kappa shape index (κ2) is 9.02. The summed E-state index contributed by atoms with van der Waals surface area (Å²) >= 11 is 0. The Balaban J connectivity index is 2.49. The van der Waals surface area contributed by atoms with Crippen molar-refractivity contribution in [2.75, 3.05) is 27.9 Å². The normalized spacial score (nSPS) is 17.3. The van der Waals surface area contributed by atoms with Gasteiger partial charge in [0.05, 0.1) is 39.8 Å². The van der Waals surface area contributed by atoms with Crippen molar-refractivity contribution in [2.45, 2.75) is 18.5 Å². The topological polar surface area (TPSA) is 108 Å². The van der Waals surface area contributed by atoms with Crippen LogP contribution in [-0.4, -0.2) is 62.9 Å². The summed E-state index contributed by atoms with van der Waals surface area (Å²) in [4.78, 5) is 50.1. The molecule has 27 heavy (non-hydrogen) atoms. The van der Waals surface area contributed by atoms with Gasteiger partial charge < -0.3 is 18.9 Å². The number of hydrogen-bond donors (Lipinski definition) is 0. The second-order valence-electron chi connectivity index (χ2n) is 5.78. The third-order valence-electron chi connectivity index (χ3n) is 4.35. The van der Waals surface area contributed by atoms with Gasteiger partial charge in [-0.05, 0) is 5.56 Å². The quantitative estimate of drug-likeness (QED) is 0.393. The number of methoxy groups -OCH3 is 3. The summed E-state index contributed by atoms with van der Waals surface area (Å²) in [6.45, 7) is 0.00951. The van der Waals surface area contributed by atoms with E-state index in [4.69, 9.17) is 14.2 Å². The molecule has 1 heterocycles. The van der Waals surface area contributed by atoms with Gasteiger partial charge in [0.1, 0.15) is 6.61 Å². The molecule has 9 nitrogen and oxygen atoms in total. The van der Waals surface area contributed by atoms with Gasteiger partial charge in [0, 0.05) is 0 Å². The van der Waals surface area contributed by atoms with Crippen LogP contribution in [0.4, 0.5) is 4.79 Å². The maximum Gasteiger partial charge on any atom is 0.410 e. The number of amides is 1. The Labute approximate surface area is 156 Å². The van der Waals surface area contributed by atoms with Crippen molar-refractivity contribution in [1.82, 2.24) is 4.90 Å². The smallest absolute Gasteiger partial charge is 0.410 e. The molecular formula is C18H21NO8. The highest BCUT2D eigenvalue weighted by Crippen LogP contribution is 2.34. The van der Waals surface area contributed by atoms with Gasteiger partial charge >= 0.3 is 24.0 Å². The Morgan fingerprint density at radius 3 is 2.19 bits per heavy atom. The van der Waals surface area contributed by atoms with Gasteiger partial charge in [-0.25, -0.2) is 4.79 Å². The van der Waals surface area contributed by atoms with Crippen LogP contribution in [0.3, 0.4) is 0 Å². The molecule has 1 aliphatic heterocycles. The first-order valence-corrected chi connectivity index (χ1v) is 8.17. The van der Waals surface area contributed by atoms with Crippen molar-refractivity contribution in [3.8, 4) is 0 Å². The number of esters is 3. The zero-order chi connectivity index (χ0) is 20.0. The molecule has 0 aliphatic carbocycles. The lowest BCUT2D eigenvalue weighted by Crippen LogP contribution is -2.50. The zero-order valence-corrected chi connectivity index (χ0v) is 15.2. The first-order valence-electron chi connectivity index (χ1n) is 8.17. The van der Waals surface area contributed by atoms with E-state index in [1.54, 1.807) is 24.3 Å². The average Bonchev–Trinajstić information content (AvgIpc) is 3.08. The van der Waals surface area contributed by atoms with E-state index in [1.165, 1.54) is 12.0 Å². The van der Waals surface area contributed by atoms with E-state index < -0.39 is 48.4 Å². The molecule has 0 N–H and O–H groups in total. The molecule has 2 rings (SSSR count). The minimum absolute atomic E-state index is 0.00951. The first kappa shape index (κ1) is 20.2. The number of carbonyl (C=O) groups is 4. The molecule has 1 aromatic rings. The number of nitrogens with zero attached hydrogens (tertiary/aromatic N) is 1. The molecule has 1 amide bonds. The third kappa shape index (κ3) is 4.36. The van der Waals surface area contributed by atoms with E-state index in [9.17, 15) is 19.2 Å². The Bertz CT molecular complexity index is 689. The molecule has 0 saturated carbocycles. The number of hydrogen-bond acceptors (Lipinski definition) is 8. The highest BCUT2D eigenvalue weighted by molar-refractivity contribution is 5.97. The summed E-state index contributed by atoms with van der Waals surface area (Å²) in [7, 11) is 3.37. The monoisotopic (exact) mass is 379 g/mol. The lowest BCUT2D eigenvalue weighted by molar-refractivity contribution is -0.162. The van der Waals surface area contributed by atoms with Crippen molar-refractivity contribution in [3.63, 3.8) is 0 Å². The standard InChI is InChI=1S/C18H21NO8/c1-24-14(20)9-12(15(16(21)25-2)17(22)26-3)19-13(10-27-18(19)23)11-7-5-4-6-8-11/h4-8,12-13,15H,9-10H2,1-3H3. The Morgan fingerprint density at radius 2 is 1.67 bits per heavy atom. The highest BCUT2D eigenvalue weighted by atomic mass is 16.6. The molecule has 2 atom stereocenters. The summed E-state index contributed by atoms with van der Waals surface area (Å²) in [5.74, 6) is -4.09. The summed E-state index contributed by atoms with van der Waals surface area (Å²) < 4.78 is 19.2. The van der Waals surface area contributed by atoms with Crippen molar-refractivity contribution in [1.29, 1.82) is 0 Å². The number of rotatable bonds is 7. The predicted octanol–water partition coefficient (Wildman–Crippen LogP) is 1.07. The third-order valence-corrected chi connectivity index (χ3v) is 4.35. The summed E-state index contributed by atoms with van der Waals surface area (Å²) in [6, 6.07) is 7.14. The van der Waals surface area contributed by atoms with E-state index in [2.05, 4.69) is 4.74 Å². The van der Waals surface area contributed by atoms with E-state index >= 15 is 0 Å². The molecule has 1 aliphatic rings. The highest BCUT2D eigenvalue weighted by Gasteiger charge is 2.49. The lowest BCUT2D eigenvalue weighted by Gasteiger charge is -2.33. The van der Waals surface area contributed by atoms with E-state index in [0.29, 0.717) is 0 Å². The Morgan fingerprint density at radius 1 is 1.07 bits per heavy atom. The molecule has 1 saturated heterocycles. The van der Waals surface area contributed by atoms with Gasteiger partial charge in [-0.3, -0.25) is 19.3 Å². The van der Waals surface area contributed by atoms with E-state index in [0.717, 1.165) is 19.8 Å². The number of benzene rings is 1. The molecule has 146 valence electrons. The van der Waals surface area contributed by atoms with Crippen LogP contribution in [0.15, 0.2) is 30.3 Å². The minimum atomic E-state index is -1.53. The van der Waals surface area contributed by atoms with E-state index in [1.807, 2.05) is 6.07 Å². The average molecular weight is 379 g/mol. The van der Waals surface area contributed by atoms with Crippen LogP contribution in [-0.2, 0) is 33.3 Å². The molecule has 9 heteroatoms. The zero-order valence-electron chi connectivity index (χ0n) is 15.2. The summed E-state index contributed by atoms with van der Waals surface area (Å²) in [6.07, 6.45) is -1.17. The number of cyclic esters (lactones) is 1. The van der Waals surface area contributed by atoms with Crippen LogP contribution in [0.25, 0.3) is 0 Å². The summed E-state index contributed by atoms with van der Waals surface area (Å²) in [5, 5.41) is 0. The van der Waals surface area contributed by atoms with Crippen molar-refractivity contribution < 1.29 is 38.1 Å². The molecule has 0 spiro atoms. The van der Waals surface area contributed by atoms with Gasteiger partial charge in [-0.15, -0.1) is 0 Å². The maximum absolute atomic E-state index is 12.4. The second-order valence-corrected chi connectivity index (χ2v) is 5.78. The molecular weight excluding hydrogens is 358 g/mol. The van der Waals surface area contributed by atoms with Gasteiger partial charge in [-0.1, -0.05) is 30.3 Å².